The fourth-order valence-electron chi connectivity index (χ4n) is 5.57. The fourth-order valence-corrected chi connectivity index (χ4v) is 5.57. The van der Waals surface area contributed by atoms with Crippen molar-refractivity contribution in [2.75, 3.05) is 0 Å². The third kappa shape index (κ3) is 2.53. The minimum absolute atomic E-state index is 0.1000. The van der Waals surface area contributed by atoms with Crippen LogP contribution in [0.25, 0.3) is 11.8 Å². The zero-order valence-corrected chi connectivity index (χ0v) is 17.6. The van der Waals surface area contributed by atoms with Crippen molar-refractivity contribution in [2.24, 2.45) is 5.41 Å². The third-order valence-corrected chi connectivity index (χ3v) is 7.25. The molecule has 1 aromatic heterocycles. The molecule has 2 fully saturated rings. The lowest BCUT2D eigenvalue weighted by Gasteiger charge is -2.50. The number of carbonyl (C=O) groups is 3. The molecule has 162 valence electrons. The van der Waals surface area contributed by atoms with E-state index in [0.717, 1.165) is 35.4 Å². The van der Waals surface area contributed by atoms with Crippen molar-refractivity contribution in [1.29, 1.82) is 0 Å². The number of amides is 4. The van der Waals surface area contributed by atoms with E-state index >= 15 is 0 Å². The fraction of sp³-hybridized carbons (Fsp3) is 0.333. The lowest BCUT2D eigenvalue weighted by molar-refractivity contribution is -0.170. The zero-order chi connectivity index (χ0) is 22.1. The van der Waals surface area contributed by atoms with Gasteiger partial charge in [0.15, 0.2) is 0 Å². The van der Waals surface area contributed by atoms with Crippen molar-refractivity contribution < 1.29 is 19.1 Å². The number of allylic oxidation sites excluding steroid dienone is 1. The van der Waals surface area contributed by atoms with E-state index in [-0.39, 0.29) is 17.9 Å². The van der Waals surface area contributed by atoms with Gasteiger partial charge >= 0.3 is 6.03 Å². The number of nitrogens with zero attached hydrogens (tertiary/aromatic N) is 2. The number of urea groups is 1. The second kappa shape index (κ2) is 6.49. The van der Waals surface area contributed by atoms with Crippen LogP contribution in [0.5, 0.6) is 0 Å². The number of fused-ring (bicyclic) bond motifs is 4. The number of ether oxygens (including phenoxy) is 1. The predicted octanol–water partition coefficient (Wildman–Crippen LogP) is 2.43. The molecule has 4 aliphatic rings. The molecule has 32 heavy (non-hydrogen) atoms. The maximum atomic E-state index is 12.6. The molecular formula is C24H22N4O4. The van der Waals surface area contributed by atoms with Crippen LogP contribution >= 0.6 is 0 Å². The summed E-state index contributed by atoms with van der Waals surface area (Å²) >= 11 is 0. The normalized spacial score (nSPS) is 28.0. The number of carbonyl (C=O) groups excluding carboxylic acids is 3. The largest absolute Gasteiger partial charge is 0.348 e. The Morgan fingerprint density at radius 1 is 1.12 bits per heavy atom. The maximum absolute atomic E-state index is 12.6. The highest BCUT2D eigenvalue weighted by Gasteiger charge is 2.57. The summed E-state index contributed by atoms with van der Waals surface area (Å²) in [5.74, 6) is -1.38. The molecule has 0 radical (unpaired) electrons. The highest BCUT2D eigenvalue weighted by atomic mass is 16.5. The molecule has 2 N–H and O–H groups in total. The predicted molar refractivity (Wildman–Crippen MR) is 115 cm³/mol. The average molecular weight is 430 g/mol. The Morgan fingerprint density at radius 2 is 1.88 bits per heavy atom. The van der Waals surface area contributed by atoms with Crippen LogP contribution in [0.4, 0.5) is 4.79 Å². The summed E-state index contributed by atoms with van der Waals surface area (Å²) in [6, 6.07) is 9.26. The maximum Gasteiger partial charge on any atom is 0.328 e. The number of benzene rings is 1. The van der Waals surface area contributed by atoms with Crippen LogP contribution < -0.4 is 10.6 Å². The molecule has 1 saturated heterocycles. The van der Waals surface area contributed by atoms with Gasteiger partial charge in [0.05, 0.1) is 23.7 Å². The SMILES string of the molecule is CC12Cc3cnn(-c4ccccc4)c3C=C1CCC1OC3(CC=C12)C(=O)NC(=O)NC3=O. The zero-order valence-electron chi connectivity index (χ0n) is 17.6. The number of barbiturate groups is 1. The highest BCUT2D eigenvalue weighted by Crippen LogP contribution is 2.54. The molecule has 6 rings (SSSR count). The van der Waals surface area contributed by atoms with Gasteiger partial charge in [-0.15, -0.1) is 0 Å². The summed E-state index contributed by atoms with van der Waals surface area (Å²) in [5, 5.41) is 8.99. The van der Waals surface area contributed by atoms with Crippen molar-refractivity contribution in [3.8, 4) is 5.69 Å². The van der Waals surface area contributed by atoms with Gasteiger partial charge in [-0.3, -0.25) is 20.2 Å². The van der Waals surface area contributed by atoms with Gasteiger partial charge in [-0.1, -0.05) is 36.8 Å². The van der Waals surface area contributed by atoms with Crippen LogP contribution in [-0.4, -0.2) is 39.3 Å². The van der Waals surface area contributed by atoms with Gasteiger partial charge < -0.3 is 4.74 Å². The first-order chi connectivity index (χ1) is 15.4. The number of para-hydroxylation sites is 1. The first kappa shape index (κ1) is 19.2. The van der Waals surface area contributed by atoms with Crippen LogP contribution in [0.15, 0.2) is 53.8 Å². The summed E-state index contributed by atoms with van der Waals surface area (Å²) < 4.78 is 8.15. The molecule has 8 nitrogen and oxygen atoms in total. The van der Waals surface area contributed by atoms with E-state index in [9.17, 15) is 14.4 Å². The van der Waals surface area contributed by atoms with Crippen LogP contribution in [0.2, 0.25) is 0 Å². The van der Waals surface area contributed by atoms with Crippen LogP contribution in [0.3, 0.4) is 0 Å². The number of hydrogen-bond acceptors (Lipinski definition) is 5. The second-order valence-electron chi connectivity index (χ2n) is 9.05. The molecule has 3 heterocycles. The number of rotatable bonds is 1. The molecule has 8 heteroatoms. The number of hydrogen-bond donors (Lipinski definition) is 2. The Balaban J connectivity index is 1.37. The van der Waals surface area contributed by atoms with Gasteiger partial charge in [-0.05, 0) is 48.6 Å². The highest BCUT2D eigenvalue weighted by molar-refractivity contribution is 6.21. The molecule has 2 aliphatic carbocycles. The van der Waals surface area contributed by atoms with Crippen molar-refractivity contribution in [1.82, 2.24) is 20.4 Å². The molecule has 1 spiro atoms. The monoisotopic (exact) mass is 430 g/mol. The van der Waals surface area contributed by atoms with Crippen molar-refractivity contribution in [3.63, 3.8) is 0 Å². The van der Waals surface area contributed by atoms with Crippen molar-refractivity contribution in [3.05, 3.63) is 65.0 Å². The Morgan fingerprint density at radius 3 is 2.62 bits per heavy atom. The minimum Gasteiger partial charge on any atom is -0.348 e. The van der Waals surface area contributed by atoms with Crippen molar-refractivity contribution >= 4 is 23.9 Å². The average Bonchev–Trinajstić information content (AvgIpc) is 3.18. The second-order valence-corrected chi connectivity index (χ2v) is 9.05. The Hall–Kier alpha value is -3.52. The van der Waals surface area contributed by atoms with Crippen LogP contribution in [-0.2, 0) is 20.7 Å². The summed E-state index contributed by atoms with van der Waals surface area (Å²) in [6.07, 6.45) is 8.10. The molecule has 4 amide bonds. The lowest BCUT2D eigenvalue weighted by atomic mass is 9.60. The lowest BCUT2D eigenvalue weighted by Crippen LogP contribution is -2.69. The molecule has 1 aromatic carbocycles. The van der Waals surface area contributed by atoms with Gasteiger partial charge in [-0.2, -0.15) is 5.10 Å². The van der Waals surface area contributed by atoms with Gasteiger partial charge in [0.1, 0.15) is 0 Å². The molecule has 2 unspecified atom stereocenters. The third-order valence-electron chi connectivity index (χ3n) is 7.25. The standard InChI is InChI=1S/C24H22N4O4/c1-23-12-14-13-25-28(16-5-3-2-4-6-16)18(14)11-15(23)7-8-19-17(23)9-10-24(32-19)20(29)26-22(31)27-21(24)30/h2-6,9,11,13,19H,7-8,10,12H2,1H3,(H2,26,27,29,30,31). The first-order valence-corrected chi connectivity index (χ1v) is 10.8. The van der Waals surface area contributed by atoms with E-state index in [4.69, 9.17) is 4.74 Å². The van der Waals surface area contributed by atoms with Gasteiger partial charge in [-0.25, -0.2) is 9.48 Å². The Kier molecular flexibility index (Phi) is 3.89. The first-order valence-electron chi connectivity index (χ1n) is 10.8. The van der Waals surface area contributed by atoms with E-state index in [1.807, 2.05) is 47.3 Å². The molecule has 2 aliphatic heterocycles. The molecule has 2 atom stereocenters. The summed E-state index contributed by atoms with van der Waals surface area (Å²) in [6.45, 7) is 2.20. The topological polar surface area (TPSA) is 102 Å². The summed E-state index contributed by atoms with van der Waals surface area (Å²) in [5.41, 5.74) is 3.72. The number of imide groups is 2. The van der Waals surface area contributed by atoms with Crippen LogP contribution in [0, 0.1) is 5.41 Å². The number of aromatic nitrogens is 2. The minimum atomic E-state index is -1.68. The molecule has 0 bridgehead atoms. The van der Waals surface area contributed by atoms with Crippen LogP contribution in [0.1, 0.15) is 37.4 Å². The van der Waals surface area contributed by atoms with Gasteiger partial charge in [0.25, 0.3) is 11.8 Å². The van der Waals surface area contributed by atoms with E-state index in [2.05, 4.69) is 28.7 Å². The van der Waals surface area contributed by atoms with E-state index in [1.54, 1.807) is 0 Å². The molecule has 2 aromatic rings. The number of nitrogens with one attached hydrogen (secondary N) is 2. The Labute approximate surface area is 184 Å². The van der Waals surface area contributed by atoms with Crippen molar-refractivity contribution in [2.45, 2.75) is 44.3 Å². The Bertz CT molecular complexity index is 1220. The molecular weight excluding hydrogens is 408 g/mol. The van der Waals surface area contributed by atoms with Gasteiger partial charge in [0, 0.05) is 11.8 Å². The van der Waals surface area contributed by atoms with E-state index < -0.39 is 23.4 Å². The van der Waals surface area contributed by atoms with Gasteiger partial charge in [0.2, 0.25) is 5.60 Å². The smallest absolute Gasteiger partial charge is 0.328 e. The van der Waals surface area contributed by atoms with E-state index in [1.165, 1.54) is 5.57 Å². The summed E-state index contributed by atoms with van der Waals surface area (Å²) in [4.78, 5) is 36.6. The molecule has 1 saturated carbocycles. The summed E-state index contributed by atoms with van der Waals surface area (Å²) in [7, 11) is 0. The quantitative estimate of drug-likeness (QED) is 0.534. The van der Waals surface area contributed by atoms with E-state index in [0.29, 0.717) is 6.42 Å².